The molecule has 1 spiro atoms. The summed E-state index contributed by atoms with van der Waals surface area (Å²) < 4.78 is 28.6. The molecule has 0 amide bonds. The second-order valence-electron chi connectivity index (χ2n) is 6.88. The molecule has 0 aliphatic carbocycles. The quantitative estimate of drug-likeness (QED) is 0.901. The van der Waals surface area contributed by atoms with Crippen LogP contribution in [0.25, 0.3) is 0 Å². The molecule has 2 aliphatic rings. The third kappa shape index (κ3) is 2.53. The summed E-state index contributed by atoms with van der Waals surface area (Å²) in [5.41, 5.74) is 0.916. The van der Waals surface area contributed by atoms with Gasteiger partial charge < -0.3 is 29.0 Å². The van der Waals surface area contributed by atoms with E-state index >= 15 is 0 Å². The molecule has 2 N–H and O–H groups in total. The Bertz CT molecular complexity index is 570. The van der Waals surface area contributed by atoms with Gasteiger partial charge in [0.15, 0.2) is 17.3 Å². The Balaban J connectivity index is 2.04. The molecule has 1 atom stereocenters. The van der Waals surface area contributed by atoms with Crippen LogP contribution in [0.15, 0.2) is 12.1 Å². The van der Waals surface area contributed by atoms with Crippen molar-refractivity contribution >= 4 is 0 Å². The van der Waals surface area contributed by atoms with E-state index in [1.54, 1.807) is 21.3 Å². The van der Waals surface area contributed by atoms with E-state index in [0.717, 1.165) is 18.5 Å². The normalized spacial score (nSPS) is 24.8. The third-order valence-corrected chi connectivity index (χ3v) is 5.43. The van der Waals surface area contributed by atoms with Crippen LogP contribution in [0.2, 0.25) is 0 Å². The molecule has 6 heteroatoms. The van der Waals surface area contributed by atoms with Crippen molar-refractivity contribution in [2.24, 2.45) is 5.41 Å². The van der Waals surface area contributed by atoms with Crippen molar-refractivity contribution in [3.63, 3.8) is 0 Å². The minimum absolute atomic E-state index is 0.165. The zero-order valence-corrected chi connectivity index (χ0v) is 15.2. The molecule has 2 heterocycles. The number of methoxy groups -OCH3 is 3. The van der Waals surface area contributed by atoms with Gasteiger partial charge in [0.1, 0.15) is 6.04 Å². The van der Waals surface area contributed by atoms with E-state index in [2.05, 4.69) is 19.2 Å². The summed E-state index contributed by atoms with van der Waals surface area (Å²) >= 11 is 0. The number of hydrogen-bond donors (Lipinski definition) is 1. The van der Waals surface area contributed by atoms with Gasteiger partial charge in [0, 0.05) is 5.56 Å². The molecule has 0 aromatic heterocycles. The van der Waals surface area contributed by atoms with Crippen LogP contribution in [-0.2, 0) is 9.47 Å². The minimum atomic E-state index is -0.521. The van der Waals surface area contributed by atoms with Crippen molar-refractivity contribution in [1.82, 2.24) is 0 Å². The molecule has 24 heavy (non-hydrogen) atoms. The molecule has 134 valence electrons. The summed E-state index contributed by atoms with van der Waals surface area (Å²) in [6.45, 7) is 6.69. The maximum Gasteiger partial charge on any atom is 0.203 e. The number of quaternary nitrogens is 1. The highest BCUT2D eigenvalue weighted by atomic mass is 16.7. The van der Waals surface area contributed by atoms with Gasteiger partial charge in [-0.1, -0.05) is 0 Å². The van der Waals surface area contributed by atoms with Crippen LogP contribution in [0.3, 0.4) is 0 Å². The Kier molecular flexibility index (Phi) is 4.64. The Labute approximate surface area is 143 Å². The minimum Gasteiger partial charge on any atom is -0.493 e. The fourth-order valence-corrected chi connectivity index (χ4v) is 4.10. The highest BCUT2D eigenvalue weighted by Crippen LogP contribution is 2.50. The molecule has 2 fully saturated rings. The number of hydrogen-bond acceptors (Lipinski definition) is 5. The van der Waals surface area contributed by atoms with Gasteiger partial charge in [-0.25, -0.2) is 0 Å². The van der Waals surface area contributed by atoms with Gasteiger partial charge in [0.25, 0.3) is 0 Å². The molecule has 1 aromatic carbocycles. The highest BCUT2D eigenvalue weighted by molar-refractivity contribution is 5.54. The Hall–Kier alpha value is -1.50. The Morgan fingerprint density at radius 2 is 1.58 bits per heavy atom. The first-order valence-electron chi connectivity index (χ1n) is 8.40. The van der Waals surface area contributed by atoms with Gasteiger partial charge in [-0.15, -0.1) is 0 Å². The molecule has 0 bridgehead atoms. The van der Waals surface area contributed by atoms with Crippen molar-refractivity contribution in [3.8, 4) is 17.2 Å². The van der Waals surface area contributed by atoms with Crippen LogP contribution in [-0.4, -0.2) is 46.9 Å². The largest absolute Gasteiger partial charge is 0.493 e. The van der Waals surface area contributed by atoms with Crippen molar-refractivity contribution in [2.45, 2.75) is 32.1 Å². The summed E-state index contributed by atoms with van der Waals surface area (Å²) in [5, 5.41) is 2.34. The average molecular weight is 338 g/mol. The van der Waals surface area contributed by atoms with Crippen LogP contribution in [0.5, 0.6) is 17.2 Å². The number of benzene rings is 1. The van der Waals surface area contributed by atoms with E-state index in [0.29, 0.717) is 30.5 Å². The SMILES string of the molecule is COc1cc([C@@H]2[NH2+]CCC3(OCCO3)C2(C)C)cc(OC)c1OC. The Morgan fingerprint density at radius 3 is 2.08 bits per heavy atom. The lowest BCUT2D eigenvalue weighted by atomic mass is 9.70. The molecule has 0 saturated carbocycles. The molecule has 2 aliphatic heterocycles. The van der Waals surface area contributed by atoms with Crippen LogP contribution in [0.4, 0.5) is 0 Å². The molecular formula is C18H28NO5+. The van der Waals surface area contributed by atoms with Crippen LogP contribution in [0, 0.1) is 5.41 Å². The summed E-state index contributed by atoms with van der Waals surface area (Å²) in [6.07, 6.45) is 0.890. The van der Waals surface area contributed by atoms with E-state index in [9.17, 15) is 0 Å². The monoisotopic (exact) mass is 338 g/mol. The zero-order valence-electron chi connectivity index (χ0n) is 15.2. The van der Waals surface area contributed by atoms with Gasteiger partial charge in [-0.2, -0.15) is 0 Å². The second kappa shape index (κ2) is 6.43. The number of nitrogens with two attached hydrogens (primary N) is 1. The number of rotatable bonds is 4. The summed E-state index contributed by atoms with van der Waals surface area (Å²) in [4.78, 5) is 0. The predicted octanol–water partition coefficient (Wildman–Crippen LogP) is 1.49. The summed E-state index contributed by atoms with van der Waals surface area (Å²) in [6, 6.07) is 4.22. The number of ether oxygens (including phenoxy) is 5. The molecule has 0 unspecified atom stereocenters. The molecule has 2 saturated heterocycles. The molecule has 1 aromatic rings. The van der Waals surface area contributed by atoms with Crippen LogP contribution >= 0.6 is 0 Å². The van der Waals surface area contributed by atoms with Crippen molar-refractivity contribution in [1.29, 1.82) is 0 Å². The lowest BCUT2D eigenvalue weighted by Gasteiger charge is -2.48. The predicted molar refractivity (Wildman–Crippen MR) is 88.7 cm³/mol. The van der Waals surface area contributed by atoms with E-state index < -0.39 is 5.79 Å². The first-order chi connectivity index (χ1) is 11.5. The lowest BCUT2D eigenvalue weighted by molar-refractivity contribution is -0.732. The topological polar surface area (TPSA) is 62.8 Å². The maximum absolute atomic E-state index is 6.08. The van der Waals surface area contributed by atoms with E-state index in [-0.39, 0.29) is 11.5 Å². The van der Waals surface area contributed by atoms with Crippen molar-refractivity contribution in [2.75, 3.05) is 41.1 Å². The van der Waals surface area contributed by atoms with Crippen molar-refractivity contribution in [3.05, 3.63) is 17.7 Å². The van der Waals surface area contributed by atoms with Crippen LogP contribution < -0.4 is 19.5 Å². The van der Waals surface area contributed by atoms with E-state index in [1.807, 2.05) is 12.1 Å². The smallest absolute Gasteiger partial charge is 0.203 e. The Morgan fingerprint density at radius 1 is 1.00 bits per heavy atom. The number of piperidine rings is 1. The zero-order chi connectivity index (χ0) is 17.4. The third-order valence-electron chi connectivity index (χ3n) is 5.43. The van der Waals surface area contributed by atoms with Gasteiger partial charge in [0.2, 0.25) is 5.75 Å². The highest BCUT2D eigenvalue weighted by Gasteiger charge is 2.59. The van der Waals surface area contributed by atoms with Crippen molar-refractivity contribution < 1.29 is 29.0 Å². The average Bonchev–Trinajstić information content (AvgIpc) is 3.06. The van der Waals surface area contributed by atoms with E-state index in [4.69, 9.17) is 23.7 Å². The van der Waals surface area contributed by atoms with Gasteiger partial charge in [0.05, 0.1) is 52.9 Å². The maximum atomic E-state index is 6.08. The summed E-state index contributed by atoms with van der Waals surface area (Å²) in [5.74, 6) is 1.43. The fraction of sp³-hybridized carbons (Fsp3) is 0.667. The molecule has 6 nitrogen and oxygen atoms in total. The molecule has 3 rings (SSSR count). The van der Waals surface area contributed by atoms with Crippen LogP contribution in [0.1, 0.15) is 31.9 Å². The molecular weight excluding hydrogens is 310 g/mol. The van der Waals surface area contributed by atoms with Gasteiger partial charge in [-0.3, -0.25) is 0 Å². The fourth-order valence-electron chi connectivity index (χ4n) is 4.10. The lowest BCUT2D eigenvalue weighted by Crippen LogP contribution is -2.92. The first kappa shape index (κ1) is 17.3. The second-order valence-corrected chi connectivity index (χ2v) is 6.88. The first-order valence-corrected chi connectivity index (χ1v) is 8.40. The van der Waals surface area contributed by atoms with Gasteiger partial charge in [-0.05, 0) is 26.0 Å². The summed E-state index contributed by atoms with van der Waals surface area (Å²) in [7, 11) is 4.90. The molecule has 0 radical (unpaired) electrons. The van der Waals surface area contributed by atoms with Gasteiger partial charge >= 0.3 is 0 Å². The van der Waals surface area contributed by atoms with E-state index in [1.165, 1.54) is 0 Å². The standard InChI is InChI=1S/C18H27NO5/c1-17(2)16(19-7-6-18(17)23-8-9-24-18)12-10-13(20-3)15(22-5)14(11-12)21-4/h10-11,16,19H,6-9H2,1-5H3/p+1/t16-/m0/s1.